The Hall–Kier alpha value is -1.94. The fourth-order valence-corrected chi connectivity index (χ4v) is 1.92. The van der Waals surface area contributed by atoms with Crippen molar-refractivity contribution < 1.29 is 4.39 Å². The molecule has 3 nitrogen and oxygen atoms in total. The average molecular weight is 246 g/mol. The number of hydrogen-bond donors (Lipinski definition) is 1. The zero-order chi connectivity index (χ0) is 13.1. The van der Waals surface area contributed by atoms with Gasteiger partial charge in [0, 0.05) is 19.2 Å². The number of nitrogens with zero attached hydrogens (tertiary/aromatic N) is 1. The monoisotopic (exact) mass is 246 g/mol. The largest absolute Gasteiger partial charge is 0.315 e. The van der Waals surface area contributed by atoms with Crippen molar-refractivity contribution in [3.8, 4) is 11.3 Å². The van der Waals surface area contributed by atoms with Crippen molar-refractivity contribution in [3.63, 3.8) is 0 Å². The lowest BCUT2D eigenvalue weighted by Crippen LogP contribution is -2.25. The number of aromatic nitrogens is 1. The van der Waals surface area contributed by atoms with Crippen LogP contribution < -0.4 is 10.9 Å². The van der Waals surface area contributed by atoms with Gasteiger partial charge in [-0.3, -0.25) is 4.79 Å². The zero-order valence-corrected chi connectivity index (χ0v) is 10.4. The molecule has 0 unspecified atom stereocenters. The predicted molar refractivity (Wildman–Crippen MR) is 69.8 cm³/mol. The highest BCUT2D eigenvalue weighted by molar-refractivity contribution is 5.59. The van der Waals surface area contributed by atoms with Gasteiger partial charge in [0.05, 0.1) is 5.69 Å². The summed E-state index contributed by atoms with van der Waals surface area (Å²) in [5, 5.41) is 2.96. The molecular weight excluding hydrogens is 231 g/mol. The van der Waals surface area contributed by atoms with Crippen LogP contribution in [0, 0.1) is 5.82 Å². The van der Waals surface area contributed by atoms with Gasteiger partial charge in [-0.2, -0.15) is 0 Å². The van der Waals surface area contributed by atoms with Crippen molar-refractivity contribution in [2.45, 2.75) is 6.54 Å². The Morgan fingerprint density at radius 1 is 1.17 bits per heavy atom. The van der Waals surface area contributed by atoms with Crippen LogP contribution >= 0.6 is 0 Å². The Bertz CT molecular complexity index is 602. The first kappa shape index (κ1) is 12.5. The number of pyridine rings is 1. The Balaban J connectivity index is 2.50. The van der Waals surface area contributed by atoms with E-state index in [0.717, 1.165) is 11.3 Å². The van der Waals surface area contributed by atoms with Crippen LogP contribution in [-0.2, 0) is 13.6 Å². The van der Waals surface area contributed by atoms with E-state index in [1.165, 1.54) is 12.1 Å². The summed E-state index contributed by atoms with van der Waals surface area (Å²) in [6, 6.07) is 9.80. The van der Waals surface area contributed by atoms with Crippen LogP contribution in [0.15, 0.2) is 41.2 Å². The number of hydrogen-bond acceptors (Lipinski definition) is 2. The molecule has 18 heavy (non-hydrogen) atoms. The number of rotatable bonds is 3. The maximum absolute atomic E-state index is 12.9. The van der Waals surface area contributed by atoms with Crippen molar-refractivity contribution in [3.05, 3.63) is 58.1 Å². The van der Waals surface area contributed by atoms with Gasteiger partial charge >= 0.3 is 0 Å². The predicted octanol–water partition coefficient (Wildman–Crippen LogP) is 1.91. The third-order valence-corrected chi connectivity index (χ3v) is 2.89. The molecule has 1 aromatic carbocycles. The molecule has 94 valence electrons. The second-order valence-electron chi connectivity index (χ2n) is 4.15. The van der Waals surface area contributed by atoms with Gasteiger partial charge in [0.15, 0.2) is 0 Å². The summed E-state index contributed by atoms with van der Waals surface area (Å²) in [7, 11) is 3.52. The molecule has 0 radical (unpaired) electrons. The summed E-state index contributed by atoms with van der Waals surface area (Å²) in [5.74, 6) is -0.282. The van der Waals surface area contributed by atoms with Gasteiger partial charge in [0.2, 0.25) is 0 Å². The molecule has 0 saturated carbocycles. The molecule has 1 heterocycles. The van der Waals surface area contributed by atoms with E-state index in [1.54, 1.807) is 36.9 Å². The van der Waals surface area contributed by atoms with E-state index >= 15 is 0 Å². The van der Waals surface area contributed by atoms with Crippen LogP contribution in [0.3, 0.4) is 0 Å². The molecule has 2 aromatic rings. The van der Waals surface area contributed by atoms with Crippen molar-refractivity contribution in [2.24, 2.45) is 7.05 Å². The quantitative estimate of drug-likeness (QED) is 0.897. The lowest BCUT2D eigenvalue weighted by atomic mass is 10.1. The molecule has 2 rings (SSSR count). The molecule has 0 amide bonds. The van der Waals surface area contributed by atoms with Crippen LogP contribution in [0.1, 0.15) is 5.56 Å². The Kier molecular flexibility index (Phi) is 3.58. The summed E-state index contributed by atoms with van der Waals surface area (Å²) in [6.07, 6.45) is 0. The highest BCUT2D eigenvalue weighted by Crippen LogP contribution is 2.17. The van der Waals surface area contributed by atoms with E-state index in [9.17, 15) is 9.18 Å². The summed E-state index contributed by atoms with van der Waals surface area (Å²) in [6.45, 7) is 0.538. The van der Waals surface area contributed by atoms with Gasteiger partial charge in [0.25, 0.3) is 5.56 Å². The summed E-state index contributed by atoms with van der Waals surface area (Å²) >= 11 is 0. The van der Waals surface area contributed by atoms with E-state index in [1.807, 2.05) is 6.07 Å². The lowest BCUT2D eigenvalue weighted by molar-refractivity contribution is 0.628. The van der Waals surface area contributed by atoms with Crippen molar-refractivity contribution in [1.29, 1.82) is 0 Å². The van der Waals surface area contributed by atoms with E-state index in [4.69, 9.17) is 0 Å². The van der Waals surface area contributed by atoms with E-state index in [2.05, 4.69) is 5.32 Å². The molecule has 0 atom stereocenters. The van der Waals surface area contributed by atoms with Gasteiger partial charge in [0.1, 0.15) is 5.82 Å². The summed E-state index contributed by atoms with van der Waals surface area (Å²) < 4.78 is 14.5. The fourth-order valence-electron chi connectivity index (χ4n) is 1.92. The van der Waals surface area contributed by atoms with Gasteiger partial charge < -0.3 is 9.88 Å². The van der Waals surface area contributed by atoms with Crippen LogP contribution in [0.2, 0.25) is 0 Å². The minimum Gasteiger partial charge on any atom is -0.315 e. The molecule has 4 heteroatoms. The van der Waals surface area contributed by atoms with Crippen LogP contribution in [-0.4, -0.2) is 11.6 Å². The van der Waals surface area contributed by atoms with Crippen molar-refractivity contribution in [1.82, 2.24) is 9.88 Å². The molecule has 0 fully saturated rings. The zero-order valence-electron chi connectivity index (χ0n) is 10.4. The van der Waals surface area contributed by atoms with Crippen LogP contribution in [0.5, 0.6) is 0 Å². The first-order valence-electron chi connectivity index (χ1n) is 5.73. The van der Waals surface area contributed by atoms with Gasteiger partial charge in [-0.25, -0.2) is 4.39 Å². The summed E-state index contributed by atoms with van der Waals surface area (Å²) in [4.78, 5) is 12.1. The van der Waals surface area contributed by atoms with E-state index < -0.39 is 0 Å². The second-order valence-corrected chi connectivity index (χ2v) is 4.15. The Morgan fingerprint density at radius 3 is 2.44 bits per heavy atom. The SMILES string of the molecule is CNCc1ccc(-c2ccc(F)cc2)n(C)c1=O. The van der Waals surface area contributed by atoms with Crippen LogP contribution in [0.25, 0.3) is 11.3 Å². The Labute approximate surface area is 105 Å². The minimum absolute atomic E-state index is 0.0359. The second kappa shape index (κ2) is 5.14. The van der Waals surface area contributed by atoms with Gasteiger partial charge in [-0.1, -0.05) is 6.07 Å². The van der Waals surface area contributed by atoms with E-state index in [-0.39, 0.29) is 11.4 Å². The maximum Gasteiger partial charge on any atom is 0.255 e. The maximum atomic E-state index is 12.9. The van der Waals surface area contributed by atoms with Crippen LogP contribution in [0.4, 0.5) is 4.39 Å². The molecule has 0 spiro atoms. The highest BCUT2D eigenvalue weighted by atomic mass is 19.1. The molecular formula is C14H15FN2O. The Morgan fingerprint density at radius 2 is 1.83 bits per heavy atom. The van der Waals surface area contributed by atoms with Gasteiger partial charge in [-0.15, -0.1) is 0 Å². The number of halogens is 1. The summed E-state index contributed by atoms with van der Waals surface area (Å²) in [5.41, 5.74) is 2.28. The smallest absolute Gasteiger partial charge is 0.255 e. The number of benzene rings is 1. The van der Waals surface area contributed by atoms with Gasteiger partial charge in [-0.05, 0) is 42.9 Å². The highest BCUT2D eigenvalue weighted by Gasteiger charge is 2.07. The fraction of sp³-hybridized carbons (Fsp3) is 0.214. The molecule has 1 N–H and O–H groups in total. The molecule has 1 aromatic heterocycles. The molecule has 0 bridgehead atoms. The topological polar surface area (TPSA) is 34.0 Å². The average Bonchev–Trinajstić information content (AvgIpc) is 2.37. The normalized spacial score (nSPS) is 10.6. The molecule has 0 aliphatic heterocycles. The first-order valence-corrected chi connectivity index (χ1v) is 5.73. The molecule has 0 saturated heterocycles. The molecule has 0 aliphatic carbocycles. The third-order valence-electron chi connectivity index (χ3n) is 2.89. The standard InChI is InChI=1S/C14H15FN2O/c1-16-9-11-5-8-13(17(2)14(11)18)10-3-6-12(15)7-4-10/h3-8,16H,9H2,1-2H3. The third kappa shape index (κ3) is 2.33. The first-order chi connectivity index (χ1) is 8.63. The van der Waals surface area contributed by atoms with Crippen molar-refractivity contribution in [2.75, 3.05) is 7.05 Å². The van der Waals surface area contributed by atoms with Crippen molar-refractivity contribution >= 4 is 0 Å². The van der Waals surface area contributed by atoms with E-state index in [0.29, 0.717) is 12.1 Å². The number of nitrogens with one attached hydrogen (secondary N) is 1. The molecule has 0 aliphatic rings. The lowest BCUT2D eigenvalue weighted by Gasteiger charge is -2.10. The minimum atomic E-state index is -0.282.